The molecule has 0 saturated carbocycles. The third-order valence-corrected chi connectivity index (χ3v) is 4.69. The van der Waals surface area contributed by atoms with Crippen LogP contribution in [-0.4, -0.2) is 27.3 Å². The molecule has 0 bridgehead atoms. The lowest BCUT2D eigenvalue weighted by Crippen LogP contribution is -2.36. The number of pyridine rings is 1. The lowest BCUT2D eigenvalue weighted by molar-refractivity contribution is -0.331. The van der Waals surface area contributed by atoms with Crippen molar-refractivity contribution in [1.82, 2.24) is 0 Å². The summed E-state index contributed by atoms with van der Waals surface area (Å²) in [5.74, 6) is 3.73. The Balaban J connectivity index is 2.10. The zero-order chi connectivity index (χ0) is 15.7. The molecule has 1 aromatic heterocycles. The Hall–Kier alpha value is -1.97. The summed E-state index contributed by atoms with van der Waals surface area (Å²) in [5.41, 5.74) is 2.22. The molecule has 0 atom stereocenters. The average Bonchev–Trinajstić information content (AvgIpc) is 2.54. The summed E-state index contributed by atoms with van der Waals surface area (Å²) in [6, 6.07) is 6.14. The van der Waals surface area contributed by atoms with Gasteiger partial charge in [-0.15, -0.1) is 0 Å². The Morgan fingerprint density at radius 1 is 1.09 bits per heavy atom. The van der Waals surface area contributed by atoms with E-state index in [1.165, 1.54) is 24.2 Å². The molecule has 0 amide bonds. The quantitative estimate of drug-likeness (QED) is 0.873. The first-order valence-corrected chi connectivity index (χ1v) is 7.96. The Morgan fingerprint density at radius 3 is 2.36 bits per heavy atom. The Kier molecular flexibility index (Phi) is 4.10. The number of hydrogen-bond donors (Lipinski definition) is 0. The van der Waals surface area contributed by atoms with E-state index in [0.29, 0.717) is 0 Å². The van der Waals surface area contributed by atoms with Gasteiger partial charge in [0.1, 0.15) is 5.75 Å². The van der Waals surface area contributed by atoms with Gasteiger partial charge in [0.2, 0.25) is 0 Å². The van der Waals surface area contributed by atoms with Gasteiger partial charge in [0, 0.05) is 6.07 Å². The highest BCUT2D eigenvalue weighted by atomic mass is 16.5. The second kappa shape index (κ2) is 6.03. The molecule has 1 fully saturated rings. The molecule has 1 aliphatic rings. The van der Waals surface area contributed by atoms with E-state index < -0.39 is 0 Å². The van der Waals surface area contributed by atoms with Gasteiger partial charge >= 0.3 is 0 Å². The summed E-state index contributed by atoms with van der Waals surface area (Å²) in [7, 11) is 3.42. The van der Waals surface area contributed by atoms with Crippen LogP contribution in [-0.2, 0) is 0 Å². The van der Waals surface area contributed by atoms with Gasteiger partial charge in [-0.05, 0) is 43.4 Å². The molecule has 1 saturated heterocycles. The van der Waals surface area contributed by atoms with Crippen LogP contribution in [0.3, 0.4) is 0 Å². The van der Waals surface area contributed by atoms with Gasteiger partial charge in [-0.3, -0.25) is 4.90 Å². The smallest absolute Gasteiger partial charge is 0.275 e. The van der Waals surface area contributed by atoms with Crippen LogP contribution in [0.4, 0.5) is 5.82 Å². The fourth-order valence-corrected chi connectivity index (χ4v) is 3.28. The highest BCUT2D eigenvalue weighted by Gasteiger charge is 2.25. The number of hydrogen-bond acceptors (Lipinski definition) is 3. The number of ether oxygens (including phenoxy) is 2. The first-order chi connectivity index (χ1) is 10.6. The van der Waals surface area contributed by atoms with Crippen molar-refractivity contribution >= 4 is 16.7 Å². The summed E-state index contributed by atoms with van der Waals surface area (Å²) in [4.78, 5) is 6.00. The molecule has 1 aromatic carbocycles. The number of rotatable bonds is 3. The molecule has 2 heterocycles. The van der Waals surface area contributed by atoms with E-state index in [2.05, 4.69) is 29.8 Å². The molecule has 0 radical (unpaired) electrons. The van der Waals surface area contributed by atoms with Gasteiger partial charge < -0.3 is 9.47 Å². The third-order valence-electron chi connectivity index (χ3n) is 4.69. The summed E-state index contributed by atoms with van der Waals surface area (Å²) in [6.07, 6.45) is 2.50. The number of nitrogens with one attached hydrogen (secondary N) is 1. The minimum atomic E-state index is 0.826. The second-order valence-corrected chi connectivity index (χ2v) is 6.23. The second-order valence-electron chi connectivity index (χ2n) is 6.23. The van der Waals surface area contributed by atoms with Crippen molar-refractivity contribution in [2.45, 2.75) is 26.7 Å². The monoisotopic (exact) mass is 301 g/mol. The SMILES string of the molecule is COc1ccc(OC)c2c(C)cc(N3CCC(C)CC3)[nH+]c12. The van der Waals surface area contributed by atoms with Crippen LogP contribution < -0.4 is 19.4 Å². The normalized spacial score (nSPS) is 16.1. The van der Waals surface area contributed by atoms with E-state index in [4.69, 9.17) is 9.47 Å². The molecule has 4 nitrogen and oxygen atoms in total. The van der Waals surface area contributed by atoms with Gasteiger partial charge in [0.05, 0.1) is 32.7 Å². The number of benzene rings is 1. The molecule has 22 heavy (non-hydrogen) atoms. The van der Waals surface area contributed by atoms with Crippen molar-refractivity contribution in [3.63, 3.8) is 0 Å². The topological polar surface area (TPSA) is 35.8 Å². The van der Waals surface area contributed by atoms with Crippen molar-refractivity contribution in [3.05, 3.63) is 23.8 Å². The maximum Gasteiger partial charge on any atom is 0.275 e. The maximum absolute atomic E-state index is 5.54. The van der Waals surface area contributed by atoms with Crippen LogP contribution in [0.15, 0.2) is 18.2 Å². The third kappa shape index (κ3) is 2.58. The van der Waals surface area contributed by atoms with E-state index in [9.17, 15) is 0 Å². The highest BCUT2D eigenvalue weighted by molar-refractivity contribution is 5.91. The number of aryl methyl sites for hydroxylation is 1. The molecule has 0 unspecified atom stereocenters. The number of anilines is 1. The van der Waals surface area contributed by atoms with E-state index in [0.717, 1.165) is 41.4 Å². The number of methoxy groups -OCH3 is 2. The van der Waals surface area contributed by atoms with Crippen molar-refractivity contribution < 1.29 is 14.5 Å². The van der Waals surface area contributed by atoms with Crippen LogP contribution in [0, 0.1) is 12.8 Å². The van der Waals surface area contributed by atoms with Crippen LogP contribution >= 0.6 is 0 Å². The summed E-state index contributed by atoms with van der Waals surface area (Å²) in [6.45, 7) is 6.68. The molecule has 2 aromatic rings. The minimum absolute atomic E-state index is 0.826. The molecule has 1 aliphatic heterocycles. The number of aromatic nitrogens is 1. The number of piperidine rings is 1. The van der Waals surface area contributed by atoms with Crippen LogP contribution in [0.5, 0.6) is 11.5 Å². The number of H-pyrrole nitrogens is 1. The van der Waals surface area contributed by atoms with Crippen molar-refractivity contribution in [3.8, 4) is 11.5 Å². The first-order valence-electron chi connectivity index (χ1n) is 7.96. The fourth-order valence-electron chi connectivity index (χ4n) is 3.28. The van der Waals surface area contributed by atoms with Crippen molar-refractivity contribution in [2.24, 2.45) is 5.92 Å². The van der Waals surface area contributed by atoms with Gasteiger partial charge in [0.15, 0.2) is 11.3 Å². The zero-order valence-electron chi connectivity index (χ0n) is 13.9. The standard InChI is InChI=1S/C18H24N2O2/c1-12-7-9-20(10-8-12)16-11-13(2)17-14(21-3)5-6-15(22-4)18(17)19-16/h5-6,11-12H,7-10H2,1-4H3/p+1. The summed E-state index contributed by atoms with van der Waals surface area (Å²) >= 11 is 0. The average molecular weight is 301 g/mol. The molecule has 0 spiro atoms. The van der Waals surface area contributed by atoms with E-state index >= 15 is 0 Å². The largest absolute Gasteiger partial charge is 0.496 e. The molecule has 118 valence electrons. The maximum atomic E-state index is 5.54. The predicted molar refractivity (Wildman–Crippen MR) is 89.0 cm³/mol. The van der Waals surface area contributed by atoms with Gasteiger partial charge in [0.25, 0.3) is 5.82 Å². The zero-order valence-corrected chi connectivity index (χ0v) is 13.9. The minimum Gasteiger partial charge on any atom is -0.496 e. The Bertz CT molecular complexity index is 676. The molecule has 4 heteroatoms. The van der Waals surface area contributed by atoms with Crippen molar-refractivity contribution in [1.29, 1.82) is 0 Å². The Morgan fingerprint density at radius 2 is 1.73 bits per heavy atom. The van der Waals surface area contributed by atoms with E-state index in [1.54, 1.807) is 14.2 Å². The molecular formula is C18H25N2O2+. The van der Waals surface area contributed by atoms with Crippen LogP contribution in [0.2, 0.25) is 0 Å². The summed E-state index contributed by atoms with van der Waals surface area (Å²) in [5, 5.41) is 1.09. The molecular weight excluding hydrogens is 276 g/mol. The van der Waals surface area contributed by atoms with Gasteiger partial charge in [-0.1, -0.05) is 6.92 Å². The molecule has 0 aliphatic carbocycles. The Labute approximate surface area is 132 Å². The molecule has 1 N–H and O–H groups in total. The number of aromatic amines is 1. The lowest BCUT2D eigenvalue weighted by atomic mass is 9.99. The van der Waals surface area contributed by atoms with Gasteiger partial charge in [-0.2, -0.15) is 0 Å². The van der Waals surface area contributed by atoms with Crippen molar-refractivity contribution in [2.75, 3.05) is 32.2 Å². The fraction of sp³-hybridized carbons (Fsp3) is 0.500. The summed E-state index contributed by atoms with van der Waals surface area (Å²) < 4.78 is 11.1. The van der Waals surface area contributed by atoms with Crippen LogP contribution in [0.25, 0.3) is 10.9 Å². The number of fused-ring (bicyclic) bond motifs is 1. The molecule has 3 rings (SSSR count). The lowest BCUT2D eigenvalue weighted by Gasteiger charge is -2.25. The number of nitrogens with zero attached hydrogens (tertiary/aromatic N) is 1. The first kappa shape index (κ1) is 14.9. The van der Waals surface area contributed by atoms with E-state index in [-0.39, 0.29) is 0 Å². The van der Waals surface area contributed by atoms with Crippen LogP contribution in [0.1, 0.15) is 25.3 Å². The highest BCUT2D eigenvalue weighted by Crippen LogP contribution is 2.34. The van der Waals surface area contributed by atoms with E-state index in [1.807, 2.05) is 12.1 Å². The van der Waals surface area contributed by atoms with Gasteiger partial charge in [-0.25, -0.2) is 4.98 Å². The predicted octanol–water partition coefficient (Wildman–Crippen LogP) is 3.22.